The predicted octanol–water partition coefficient (Wildman–Crippen LogP) is 2.28. The van der Waals surface area contributed by atoms with Crippen molar-refractivity contribution in [3.05, 3.63) is 71.7 Å². The molecule has 0 saturated carbocycles. The van der Waals surface area contributed by atoms with Crippen LogP contribution in [0.15, 0.2) is 54.7 Å². The molecule has 3 aromatic rings. The summed E-state index contributed by atoms with van der Waals surface area (Å²) in [4.78, 5) is 26.8. The molecule has 2 amide bonds. The Hall–Kier alpha value is -3.15. The van der Waals surface area contributed by atoms with E-state index in [-0.39, 0.29) is 12.4 Å². The molecular weight excluding hydrogens is 321 g/mol. The van der Waals surface area contributed by atoms with Crippen LogP contribution >= 0.6 is 0 Å². The Morgan fingerprint density at radius 1 is 0.960 bits per heavy atom. The highest BCUT2D eigenvalue weighted by atomic mass is 19.1. The van der Waals surface area contributed by atoms with Crippen molar-refractivity contribution in [2.75, 3.05) is 6.54 Å². The Kier molecular flexibility index (Phi) is 5.09. The van der Waals surface area contributed by atoms with E-state index in [4.69, 9.17) is 0 Å². The number of nitrogens with one attached hydrogen (secondary N) is 3. The van der Waals surface area contributed by atoms with E-state index in [9.17, 15) is 14.0 Å². The van der Waals surface area contributed by atoms with Gasteiger partial charge in [-0.25, -0.2) is 4.39 Å². The number of carbonyl (C=O) groups excluding carboxylic acids is 2. The quantitative estimate of drug-likeness (QED) is 0.624. The number of carbonyl (C=O) groups is 2. The molecule has 0 aliphatic rings. The third-order valence-corrected chi connectivity index (χ3v) is 3.93. The standard InChI is InChI=1S/C19H18FN3O2/c20-15-7-5-13(6-8-15)11-23-19(25)18(24)21-10-9-14-12-22-17-4-2-1-3-16(14)17/h1-8,12,22H,9-11H2,(H,21,24)(H,23,25). The number of H-pyrrole nitrogens is 1. The number of hydrogen-bond acceptors (Lipinski definition) is 2. The van der Waals surface area contributed by atoms with E-state index >= 15 is 0 Å². The van der Waals surface area contributed by atoms with Crippen molar-refractivity contribution in [2.45, 2.75) is 13.0 Å². The van der Waals surface area contributed by atoms with Crippen molar-refractivity contribution in [3.63, 3.8) is 0 Å². The number of fused-ring (bicyclic) bond motifs is 1. The number of benzene rings is 2. The van der Waals surface area contributed by atoms with Crippen LogP contribution in [0.1, 0.15) is 11.1 Å². The Morgan fingerprint density at radius 3 is 2.48 bits per heavy atom. The molecule has 3 N–H and O–H groups in total. The maximum absolute atomic E-state index is 12.8. The van der Waals surface area contributed by atoms with Gasteiger partial charge in [0.25, 0.3) is 0 Å². The van der Waals surface area contributed by atoms with E-state index in [2.05, 4.69) is 15.6 Å². The molecule has 0 spiro atoms. The SMILES string of the molecule is O=C(NCCc1c[nH]c2ccccc12)C(=O)NCc1ccc(F)cc1. The van der Waals surface area contributed by atoms with Crippen LogP contribution < -0.4 is 10.6 Å². The zero-order valence-electron chi connectivity index (χ0n) is 13.5. The van der Waals surface area contributed by atoms with Gasteiger partial charge in [-0.15, -0.1) is 0 Å². The molecule has 1 aromatic heterocycles. The molecule has 5 nitrogen and oxygen atoms in total. The van der Waals surface area contributed by atoms with Crippen LogP contribution in [0.4, 0.5) is 4.39 Å². The molecule has 3 rings (SSSR count). The number of aromatic nitrogens is 1. The maximum Gasteiger partial charge on any atom is 0.309 e. The monoisotopic (exact) mass is 339 g/mol. The second kappa shape index (κ2) is 7.61. The Morgan fingerprint density at radius 2 is 1.68 bits per heavy atom. The first-order chi connectivity index (χ1) is 12.1. The summed E-state index contributed by atoms with van der Waals surface area (Å²) in [5.41, 5.74) is 2.85. The normalized spacial score (nSPS) is 10.6. The average Bonchev–Trinajstić information content (AvgIpc) is 3.04. The first-order valence-electron chi connectivity index (χ1n) is 7.99. The van der Waals surface area contributed by atoms with E-state index in [0.29, 0.717) is 13.0 Å². The fourth-order valence-corrected chi connectivity index (χ4v) is 2.59. The zero-order chi connectivity index (χ0) is 17.6. The van der Waals surface area contributed by atoms with Crippen LogP contribution in [0.25, 0.3) is 10.9 Å². The molecule has 0 atom stereocenters. The molecule has 0 fully saturated rings. The Bertz CT molecular complexity index is 887. The summed E-state index contributed by atoms with van der Waals surface area (Å²) >= 11 is 0. The van der Waals surface area contributed by atoms with Gasteiger partial charge < -0.3 is 15.6 Å². The molecule has 1 heterocycles. The molecular formula is C19H18FN3O2. The summed E-state index contributed by atoms with van der Waals surface area (Å²) in [5.74, 6) is -1.73. The van der Waals surface area contributed by atoms with Gasteiger partial charge in [-0.2, -0.15) is 0 Å². The number of aromatic amines is 1. The van der Waals surface area contributed by atoms with Gasteiger partial charge in [0.15, 0.2) is 0 Å². The van der Waals surface area contributed by atoms with E-state index in [1.165, 1.54) is 12.1 Å². The van der Waals surface area contributed by atoms with Gasteiger partial charge in [0.1, 0.15) is 5.82 Å². The number of hydrogen-bond donors (Lipinski definition) is 3. The van der Waals surface area contributed by atoms with E-state index in [0.717, 1.165) is 22.0 Å². The highest BCUT2D eigenvalue weighted by molar-refractivity contribution is 6.35. The van der Waals surface area contributed by atoms with Crippen LogP contribution in [0, 0.1) is 5.82 Å². The van der Waals surface area contributed by atoms with E-state index in [1.807, 2.05) is 30.5 Å². The average molecular weight is 339 g/mol. The van der Waals surface area contributed by atoms with Gasteiger partial charge in [-0.1, -0.05) is 30.3 Å². The zero-order valence-corrected chi connectivity index (χ0v) is 13.5. The van der Waals surface area contributed by atoms with Gasteiger partial charge in [0, 0.05) is 30.2 Å². The van der Waals surface area contributed by atoms with Crippen molar-refractivity contribution >= 4 is 22.7 Å². The molecule has 0 unspecified atom stereocenters. The molecule has 128 valence electrons. The van der Waals surface area contributed by atoms with Crippen LogP contribution in [0.3, 0.4) is 0 Å². The second-order valence-electron chi connectivity index (χ2n) is 5.67. The molecule has 0 aliphatic heterocycles. The third kappa shape index (κ3) is 4.23. The van der Waals surface area contributed by atoms with Crippen LogP contribution in [0.2, 0.25) is 0 Å². The van der Waals surface area contributed by atoms with Gasteiger partial charge >= 0.3 is 11.8 Å². The molecule has 2 aromatic carbocycles. The summed E-state index contributed by atoms with van der Waals surface area (Å²) in [5, 5.41) is 6.23. The summed E-state index contributed by atoms with van der Waals surface area (Å²) in [6.45, 7) is 0.541. The lowest BCUT2D eigenvalue weighted by Crippen LogP contribution is -2.40. The van der Waals surface area contributed by atoms with E-state index < -0.39 is 11.8 Å². The fraction of sp³-hybridized carbons (Fsp3) is 0.158. The minimum absolute atomic E-state index is 0.176. The number of halogens is 1. The molecule has 25 heavy (non-hydrogen) atoms. The summed E-state index contributed by atoms with van der Waals surface area (Å²) < 4.78 is 12.8. The van der Waals surface area contributed by atoms with Crippen molar-refractivity contribution in [1.82, 2.24) is 15.6 Å². The fourth-order valence-electron chi connectivity index (χ4n) is 2.59. The molecule has 0 saturated heterocycles. The topological polar surface area (TPSA) is 74.0 Å². The van der Waals surface area contributed by atoms with Crippen LogP contribution in [-0.2, 0) is 22.6 Å². The number of rotatable bonds is 5. The minimum Gasteiger partial charge on any atom is -0.361 e. The van der Waals surface area contributed by atoms with Gasteiger partial charge in [0.05, 0.1) is 0 Å². The lowest BCUT2D eigenvalue weighted by molar-refractivity contribution is -0.139. The molecule has 0 aliphatic carbocycles. The number of amides is 2. The molecule has 0 bridgehead atoms. The van der Waals surface area contributed by atoms with Crippen LogP contribution in [0.5, 0.6) is 0 Å². The van der Waals surface area contributed by atoms with Crippen molar-refractivity contribution in [2.24, 2.45) is 0 Å². The van der Waals surface area contributed by atoms with E-state index in [1.54, 1.807) is 12.1 Å². The van der Waals surface area contributed by atoms with Gasteiger partial charge in [-0.3, -0.25) is 9.59 Å². The Labute approximate surface area is 144 Å². The Balaban J connectivity index is 1.45. The predicted molar refractivity (Wildman–Crippen MR) is 93.3 cm³/mol. The minimum atomic E-state index is -0.705. The summed E-state index contributed by atoms with van der Waals surface area (Å²) in [6, 6.07) is 13.6. The summed E-state index contributed by atoms with van der Waals surface area (Å²) in [7, 11) is 0. The molecule has 6 heteroatoms. The second-order valence-corrected chi connectivity index (χ2v) is 5.67. The van der Waals surface area contributed by atoms with Crippen molar-refractivity contribution in [1.29, 1.82) is 0 Å². The van der Waals surface area contributed by atoms with Crippen LogP contribution in [-0.4, -0.2) is 23.3 Å². The first kappa shape index (κ1) is 16.7. The lowest BCUT2D eigenvalue weighted by atomic mass is 10.1. The van der Waals surface area contributed by atoms with Crippen molar-refractivity contribution in [3.8, 4) is 0 Å². The number of para-hydroxylation sites is 1. The smallest absolute Gasteiger partial charge is 0.309 e. The molecule has 0 radical (unpaired) electrons. The maximum atomic E-state index is 12.8. The first-order valence-corrected chi connectivity index (χ1v) is 7.99. The van der Waals surface area contributed by atoms with Gasteiger partial charge in [0.2, 0.25) is 0 Å². The third-order valence-electron chi connectivity index (χ3n) is 3.93. The highest BCUT2D eigenvalue weighted by Gasteiger charge is 2.12. The highest BCUT2D eigenvalue weighted by Crippen LogP contribution is 2.17. The van der Waals surface area contributed by atoms with Gasteiger partial charge in [-0.05, 0) is 35.7 Å². The largest absolute Gasteiger partial charge is 0.361 e. The lowest BCUT2D eigenvalue weighted by Gasteiger charge is -2.06. The summed E-state index contributed by atoms with van der Waals surface area (Å²) in [6.07, 6.45) is 2.53. The van der Waals surface area contributed by atoms with Crippen molar-refractivity contribution < 1.29 is 14.0 Å².